The molecule has 1 aromatic carbocycles. The van der Waals surface area contributed by atoms with Crippen molar-refractivity contribution >= 4 is 29.0 Å². The van der Waals surface area contributed by atoms with Gasteiger partial charge < -0.3 is 5.73 Å². The van der Waals surface area contributed by atoms with Crippen molar-refractivity contribution in [3.63, 3.8) is 0 Å². The maximum atomic E-state index is 6.38. The van der Waals surface area contributed by atoms with E-state index in [1.54, 1.807) is 10.7 Å². The molecular formula is C16H19Cl2N3. The number of hydrogen-bond acceptors (Lipinski definition) is 2. The quantitative estimate of drug-likeness (QED) is 0.842. The van der Waals surface area contributed by atoms with Gasteiger partial charge in [-0.1, -0.05) is 48.5 Å². The lowest BCUT2D eigenvalue weighted by Gasteiger charge is -2.21. The molecule has 112 valence electrons. The van der Waals surface area contributed by atoms with E-state index in [9.17, 15) is 0 Å². The molecule has 5 heteroatoms. The number of aryl methyl sites for hydroxylation is 1. The smallest absolute Gasteiger partial charge is 0.129 e. The molecule has 0 saturated heterocycles. The summed E-state index contributed by atoms with van der Waals surface area (Å²) in [6.45, 7) is 0. The molecule has 3 nitrogen and oxygen atoms in total. The number of aromatic nitrogens is 2. The molecule has 3 rings (SSSR count). The first-order chi connectivity index (χ1) is 10.1. The third-order valence-electron chi connectivity index (χ3n) is 4.31. The van der Waals surface area contributed by atoms with E-state index in [1.165, 1.54) is 32.1 Å². The Morgan fingerprint density at radius 1 is 1.19 bits per heavy atom. The van der Waals surface area contributed by atoms with Crippen molar-refractivity contribution in [3.8, 4) is 11.1 Å². The summed E-state index contributed by atoms with van der Waals surface area (Å²) in [5.74, 6) is 1.14. The third kappa shape index (κ3) is 2.77. The van der Waals surface area contributed by atoms with E-state index in [4.69, 9.17) is 28.9 Å². The molecular weight excluding hydrogens is 305 g/mol. The minimum atomic E-state index is 0.476. The second kappa shape index (κ2) is 5.90. The second-order valence-corrected chi connectivity index (χ2v) is 6.57. The number of benzene rings is 1. The van der Waals surface area contributed by atoms with Gasteiger partial charge in [-0.3, -0.25) is 4.68 Å². The number of nitrogen functional groups attached to an aromatic ring is 1. The predicted octanol–water partition coefficient (Wildman–Crippen LogP) is 5.02. The van der Waals surface area contributed by atoms with Crippen LogP contribution in [0.25, 0.3) is 11.1 Å². The summed E-state index contributed by atoms with van der Waals surface area (Å²) in [6.07, 6.45) is 6.18. The van der Waals surface area contributed by atoms with Crippen LogP contribution in [-0.4, -0.2) is 9.78 Å². The first kappa shape index (κ1) is 14.7. The summed E-state index contributed by atoms with van der Waals surface area (Å²) in [4.78, 5) is 0. The van der Waals surface area contributed by atoms with Gasteiger partial charge in [-0.2, -0.15) is 5.10 Å². The molecule has 0 radical (unpaired) electrons. The Kier molecular flexibility index (Phi) is 4.14. The Morgan fingerprint density at radius 3 is 2.57 bits per heavy atom. The summed E-state index contributed by atoms with van der Waals surface area (Å²) in [7, 11) is 1.88. The molecule has 1 aliphatic rings. The lowest BCUT2D eigenvalue weighted by atomic mass is 9.84. The monoisotopic (exact) mass is 323 g/mol. The predicted molar refractivity (Wildman–Crippen MR) is 88.9 cm³/mol. The number of rotatable bonds is 2. The zero-order valence-corrected chi connectivity index (χ0v) is 13.6. The van der Waals surface area contributed by atoms with Crippen LogP contribution in [0.5, 0.6) is 0 Å². The van der Waals surface area contributed by atoms with E-state index in [2.05, 4.69) is 5.10 Å². The van der Waals surface area contributed by atoms with Gasteiger partial charge in [-0.15, -0.1) is 0 Å². The fourth-order valence-corrected chi connectivity index (χ4v) is 3.69. The molecule has 0 bridgehead atoms. The van der Waals surface area contributed by atoms with Crippen molar-refractivity contribution in [2.75, 3.05) is 5.73 Å². The summed E-state index contributed by atoms with van der Waals surface area (Å²) < 4.78 is 1.75. The highest BCUT2D eigenvalue weighted by Crippen LogP contribution is 2.42. The van der Waals surface area contributed by atoms with Crippen molar-refractivity contribution in [3.05, 3.63) is 33.9 Å². The van der Waals surface area contributed by atoms with Crippen LogP contribution < -0.4 is 5.73 Å². The minimum Gasteiger partial charge on any atom is -0.383 e. The van der Waals surface area contributed by atoms with Gasteiger partial charge >= 0.3 is 0 Å². The zero-order valence-electron chi connectivity index (χ0n) is 12.1. The number of hydrogen-bond donors (Lipinski definition) is 1. The van der Waals surface area contributed by atoms with Crippen LogP contribution in [0.1, 0.15) is 43.7 Å². The largest absolute Gasteiger partial charge is 0.383 e. The fourth-order valence-electron chi connectivity index (χ4n) is 3.19. The Labute approximate surface area is 135 Å². The minimum absolute atomic E-state index is 0.476. The third-order valence-corrected chi connectivity index (χ3v) is 4.86. The highest BCUT2D eigenvalue weighted by Gasteiger charge is 2.26. The molecule has 1 heterocycles. The van der Waals surface area contributed by atoms with Gasteiger partial charge in [0.2, 0.25) is 0 Å². The molecule has 2 N–H and O–H groups in total. The van der Waals surface area contributed by atoms with E-state index >= 15 is 0 Å². The number of nitrogens with zero attached hydrogens (tertiary/aromatic N) is 2. The van der Waals surface area contributed by atoms with E-state index in [1.807, 2.05) is 19.2 Å². The highest BCUT2D eigenvalue weighted by molar-refractivity contribution is 6.36. The van der Waals surface area contributed by atoms with Crippen LogP contribution in [-0.2, 0) is 7.05 Å². The first-order valence-electron chi connectivity index (χ1n) is 7.35. The molecule has 1 saturated carbocycles. The van der Waals surface area contributed by atoms with Gasteiger partial charge in [0.05, 0.1) is 10.7 Å². The van der Waals surface area contributed by atoms with Crippen molar-refractivity contribution in [1.82, 2.24) is 9.78 Å². The average molecular weight is 324 g/mol. The molecule has 1 aliphatic carbocycles. The van der Waals surface area contributed by atoms with E-state index < -0.39 is 0 Å². The van der Waals surface area contributed by atoms with E-state index in [-0.39, 0.29) is 0 Å². The fraction of sp³-hybridized carbons (Fsp3) is 0.438. The SMILES string of the molecule is Cn1nc(C2CCCCC2)c(-c2ccc(Cl)cc2Cl)c1N. The summed E-state index contributed by atoms with van der Waals surface area (Å²) in [5.41, 5.74) is 9.24. The Bertz CT molecular complexity index is 658. The van der Waals surface area contributed by atoms with Gasteiger partial charge in [0.15, 0.2) is 0 Å². The summed E-state index contributed by atoms with van der Waals surface area (Å²) in [5, 5.41) is 5.93. The number of nitrogens with two attached hydrogens (primary N) is 1. The lowest BCUT2D eigenvalue weighted by Crippen LogP contribution is -2.07. The molecule has 0 atom stereocenters. The summed E-state index contributed by atoms with van der Waals surface area (Å²) >= 11 is 12.4. The van der Waals surface area contributed by atoms with Crippen LogP contribution in [0.3, 0.4) is 0 Å². The number of halogens is 2. The van der Waals surface area contributed by atoms with Crippen LogP contribution >= 0.6 is 23.2 Å². The van der Waals surface area contributed by atoms with Gasteiger partial charge in [-0.25, -0.2) is 0 Å². The van der Waals surface area contributed by atoms with Gasteiger partial charge in [0, 0.05) is 29.1 Å². The molecule has 21 heavy (non-hydrogen) atoms. The zero-order chi connectivity index (χ0) is 15.0. The van der Waals surface area contributed by atoms with Crippen molar-refractivity contribution < 1.29 is 0 Å². The van der Waals surface area contributed by atoms with Crippen LogP contribution in [0, 0.1) is 0 Å². The van der Waals surface area contributed by atoms with Gasteiger partial charge in [0.25, 0.3) is 0 Å². The molecule has 0 spiro atoms. The second-order valence-electron chi connectivity index (χ2n) is 5.73. The normalized spacial score (nSPS) is 16.3. The van der Waals surface area contributed by atoms with Crippen LogP contribution in [0.2, 0.25) is 10.0 Å². The standard InChI is InChI=1S/C16H19Cl2N3/c1-21-16(19)14(12-8-7-11(17)9-13(12)18)15(20-21)10-5-3-2-4-6-10/h7-10H,2-6,19H2,1H3. The average Bonchev–Trinajstić information content (AvgIpc) is 2.76. The topological polar surface area (TPSA) is 43.8 Å². The lowest BCUT2D eigenvalue weighted by molar-refractivity contribution is 0.434. The molecule has 2 aromatic rings. The van der Waals surface area contributed by atoms with Crippen LogP contribution in [0.15, 0.2) is 18.2 Å². The maximum Gasteiger partial charge on any atom is 0.129 e. The number of anilines is 1. The first-order valence-corrected chi connectivity index (χ1v) is 8.11. The molecule has 1 aromatic heterocycles. The Morgan fingerprint density at radius 2 is 1.90 bits per heavy atom. The highest BCUT2D eigenvalue weighted by atomic mass is 35.5. The Hall–Kier alpha value is -1.19. The summed E-state index contributed by atoms with van der Waals surface area (Å²) in [6, 6.07) is 5.54. The van der Waals surface area contributed by atoms with E-state index in [0.29, 0.717) is 21.8 Å². The Balaban J connectivity index is 2.12. The van der Waals surface area contributed by atoms with Crippen molar-refractivity contribution in [2.24, 2.45) is 7.05 Å². The van der Waals surface area contributed by atoms with Crippen molar-refractivity contribution in [2.45, 2.75) is 38.0 Å². The molecule has 1 fully saturated rings. The van der Waals surface area contributed by atoms with Crippen molar-refractivity contribution in [1.29, 1.82) is 0 Å². The van der Waals surface area contributed by atoms with Gasteiger partial charge in [0.1, 0.15) is 5.82 Å². The molecule has 0 aliphatic heterocycles. The molecule has 0 amide bonds. The van der Waals surface area contributed by atoms with Gasteiger partial charge in [-0.05, 0) is 25.0 Å². The molecule has 0 unspecified atom stereocenters. The maximum absolute atomic E-state index is 6.38. The van der Waals surface area contributed by atoms with E-state index in [0.717, 1.165) is 16.8 Å². The van der Waals surface area contributed by atoms with Crippen LogP contribution in [0.4, 0.5) is 5.82 Å².